The smallest absolute Gasteiger partial charge is 0.316 e. The number of hydrogen-bond acceptors (Lipinski definition) is 3. The van der Waals surface area contributed by atoms with E-state index in [0.717, 1.165) is 17.7 Å². The predicted molar refractivity (Wildman–Crippen MR) is 36.8 cm³/mol. The summed E-state index contributed by atoms with van der Waals surface area (Å²) in [6.07, 6.45) is -3.70. The average molecular weight is 196 g/mol. The van der Waals surface area contributed by atoms with Gasteiger partial charge in [-0.2, -0.15) is 17.5 Å². The largest absolute Gasteiger partial charge is 0.471 e. The Hall–Kier alpha value is -1.11. The second-order valence-electron chi connectivity index (χ2n) is 1.86. The van der Waals surface area contributed by atoms with Crippen molar-refractivity contribution in [2.24, 2.45) is 0 Å². The lowest BCUT2D eigenvalue weighted by atomic mass is 10.5. The van der Waals surface area contributed by atoms with E-state index in [4.69, 9.17) is 0 Å². The molecule has 0 spiro atoms. The number of alkyl halides is 3. The molecule has 66 valence electrons. The number of rotatable bonds is 1. The molecule has 0 aliphatic rings. The van der Waals surface area contributed by atoms with Crippen LogP contribution in [0.2, 0.25) is 0 Å². The van der Waals surface area contributed by atoms with Crippen LogP contribution in [0.15, 0.2) is 11.6 Å². The number of hydrogen-bond donors (Lipinski definition) is 1. The maximum Gasteiger partial charge on any atom is 0.471 e. The highest BCUT2D eigenvalue weighted by Crippen LogP contribution is 2.18. The van der Waals surface area contributed by atoms with Crippen LogP contribution in [-0.4, -0.2) is 16.5 Å². The van der Waals surface area contributed by atoms with E-state index < -0.39 is 12.1 Å². The van der Waals surface area contributed by atoms with Crippen molar-refractivity contribution in [2.45, 2.75) is 6.18 Å². The standard InChI is InChI=1S/C5H3F3N2OS/c6-5(7,8)4(11)10-3-1-9-12-2-3/h1-2H,(H,10,11). The van der Waals surface area contributed by atoms with Gasteiger partial charge in [0.2, 0.25) is 0 Å². The van der Waals surface area contributed by atoms with Gasteiger partial charge in [-0.1, -0.05) is 0 Å². The molecule has 7 heteroatoms. The van der Waals surface area contributed by atoms with E-state index in [0.29, 0.717) is 0 Å². The molecule has 0 aliphatic heterocycles. The van der Waals surface area contributed by atoms with Crippen molar-refractivity contribution in [3.63, 3.8) is 0 Å². The van der Waals surface area contributed by atoms with Crippen molar-refractivity contribution in [1.82, 2.24) is 4.37 Å². The highest BCUT2D eigenvalue weighted by molar-refractivity contribution is 7.04. The number of halogens is 3. The summed E-state index contributed by atoms with van der Waals surface area (Å²) < 4.78 is 38.4. The van der Waals surface area contributed by atoms with Crippen molar-refractivity contribution >= 4 is 23.1 Å². The Morgan fingerprint density at radius 3 is 2.67 bits per heavy atom. The molecular weight excluding hydrogens is 193 g/mol. The predicted octanol–water partition coefficient (Wildman–Crippen LogP) is 1.64. The molecular formula is C5H3F3N2OS. The van der Waals surface area contributed by atoms with E-state index in [2.05, 4.69) is 4.37 Å². The zero-order chi connectivity index (χ0) is 9.19. The molecule has 1 heterocycles. The minimum atomic E-state index is -4.85. The van der Waals surface area contributed by atoms with E-state index in [1.165, 1.54) is 5.38 Å². The van der Waals surface area contributed by atoms with Gasteiger partial charge in [0.05, 0.1) is 11.9 Å². The van der Waals surface area contributed by atoms with Crippen LogP contribution in [0.3, 0.4) is 0 Å². The molecule has 0 unspecified atom stereocenters. The van der Waals surface area contributed by atoms with Crippen LogP contribution in [0.5, 0.6) is 0 Å². The van der Waals surface area contributed by atoms with Gasteiger partial charge in [0, 0.05) is 5.38 Å². The fourth-order valence-electron chi connectivity index (χ4n) is 0.469. The number of carbonyl (C=O) groups is 1. The van der Waals surface area contributed by atoms with Crippen LogP contribution >= 0.6 is 11.5 Å². The summed E-state index contributed by atoms with van der Waals surface area (Å²) >= 11 is 0.960. The van der Waals surface area contributed by atoms with E-state index in [-0.39, 0.29) is 5.69 Å². The summed E-state index contributed by atoms with van der Waals surface area (Å²) in [6, 6.07) is 0. The lowest BCUT2D eigenvalue weighted by Crippen LogP contribution is -2.29. The van der Waals surface area contributed by atoms with Crippen LogP contribution in [0.25, 0.3) is 0 Å². The molecule has 3 nitrogen and oxygen atoms in total. The van der Waals surface area contributed by atoms with Crippen molar-refractivity contribution in [3.05, 3.63) is 11.6 Å². The topological polar surface area (TPSA) is 42.0 Å². The molecule has 1 amide bonds. The lowest BCUT2D eigenvalue weighted by Gasteiger charge is -2.04. The summed E-state index contributed by atoms with van der Waals surface area (Å²) in [5.74, 6) is -1.98. The third-order valence-electron chi connectivity index (χ3n) is 0.948. The fraction of sp³-hybridized carbons (Fsp3) is 0.200. The Morgan fingerprint density at radius 2 is 2.25 bits per heavy atom. The quantitative estimate of drug-likeness (QED) is 0.741. The Morgan fingerprint density at radius 1 is 1.58 bits per heavy atom. The molecule has 1 rings (SSSR count). The van der Waals surface area contributed by atoms with E-state index in [1.807, 2.05) is 0 Å². The lowest BCUT2D eigenvalue weighted by molar-refractivity contribution is -0.167. The van der Waals surface area contributed by atoms with Gasteiger partial charge in [0.1, 0.15) is 0 Å². The zero-order valence-corrected chi connectivity index (χ0v) is 6.37. The maximum atomic E-state index is 11.6. The average Bonchev–Trinajstić information content (AvgIpc) is 2.37. The molecule has 0 aliphatic carbocycles. The Labute approximate surface area is 69.4 Å². The molecule has 0 aromatic carbocycles. The van der Waals surface area contributed by atoms with Gasteiger partial charge in [0.15, 0.2) is 0 Å². The zero-order valence-electron chi connectivity index (χ0n) is 5.55. The Kier molecular flexibility index (Phi) is 2.32. The number of nitrogens with one attached hydrogen (secondary N) is 1. The summed E-state index contributed by atoms with van der Waals surface area (Å²) in [4.78, 5) is 10.3. The first-order chi connectivity index (χ1) is 5.50. The van der Waals surface area contributed by atoms with Crippen molar-refractivity contribution < 1.29 is 18.0 Å². The number of nitrogens with zero attached hydrogens (tertiary/aromatic N) is 1. The van der Waals surface area contributed by atoms with E-state index >= 15 is 0 Å². The number of amides is 1. The molecule has 0 saturated heterocycles. The molecule has 0 radical (unpaired) electrons. The summed E-state index contributed by atoms with van der Waals surface area (Å²) in [5.41, 5.74) is 0.0577. The maximum absolute atomic E-state index is 11.6. The first-order valence-electron chi connectivity index (χ1n) is 2.77. The minimum Gasteiger partial charge on any atom is -0.316 e. The van der Waals surface area contributed by atoms with E-state index in [9.17, 15) is 18.0 Å². The van der Waals surface area contributed by atoms with Crippen molar-refractivity contribution in [1.29, 1.82) is 0 Å². The monoisotopic (exact) mass is 196 g/mol. The molecule has 0 fully saturated rings. The molecule has 1 aromatic rings. The summed E-state index contributed by atoms with van der Waals surface area (Å²) in [6.45, 7) is 0. The van der Waals surface area contributed by atoms with Crippen LogP contribution < -0.4 is 5.32 Å². The van der Waals surface area contributed by atoms with Crippen molar-refractivity contribution in [3.8, 4) is 0 Å². The first-order valence-corrected chi connectivity index (χ1v) is 3.61. The molecule has 1 N–H and O–H groups in total. The summed E-state index contributed by atoms with van der Waals surface area (Å²) in [5, 5.41) is 2.96. The molecule has 0 bridgehead atoms. The van der Waals surface area contributed by atoms with Gasteiger partial charge in [-0.25, -0.2) is 0 Å². The van der Waals surface area contributed by atoms with Gasteiger partial charge < -0.3 is 5.32 Å². The third-order valence-corrected chi connectivity index (χ3v) is 1.53. The molecule has 0 atom stereocenters. The van der Waals surface area contributed by atoms with E-state index in [1.54, 1.807) is 5.32 Å². The minimum absolute atomic E-state index is 0.0577. The van der Waals surface area contributed by atoms with Crippen LogP contribution in [0.1, 0.15) is 0 Å². The van der Waals surface area contributed by atoms with Gasteiger partial charge in [0.25, 0.3) is 0 Å². The second kappa shape index (κ2) is 3.10. The van der Waals surface area contributed by atoms with Gasteiger partial charge in [-0.3, -0.25) is 4.79 Å². The normalized spacial score (nSPS) is 11.2. The van der Waals surface area contributed by atoms with Crippen molar-refractivity contribution in [2.75, 3.05) is 5.32 Å². The number of carbonyl (C=O) groups excluding carboxylic acids is 1. The van der Waals surface area contributed by atoms with Gasteiger partial charge in [-0.05, 0) is 11.5 Å². The Bertz CT molecular complexity index is 269. The highest BCUT2D eigenvalue weighted by atomic mass is 32.1. The van der Waals surface area contributed by atoms with Gasteiger partial charge >= 0.3 is 12.1 Å². The third kappa shape index (κ3) is 2.19. The Balaban J connectivity index is 2.60. The van der Waals surface area contributed by atoms with Crippen LogP contribution in [-0.2, 0) is 4.79 Å². The number of anilines is 1. The highest BCUT2D eigenvalue weighted by Gasteiger charge is 2.38. The molecule has 0 saturated carbocycles. The van der Waals surface area contributed by atoms with Crippen LogP contribution in [0.4, 0.5) is 18.9 Å². The SMILES string of the molecule is O=C(Nc1cnsc1)C(F)(F)F. The number of aromatic nitrogens is 1. The van der Waals surface area contributed by atoms with Gasteiger partial charge in [-0.15, -0.1) is 0 Å². The van der Waals surface area contributed by atoms with Crippen LogP contribution in [0, 0.1) is 0 Å². The molecule has 12 heavy (non-hydrogen) atoms. The molecule has 1 aromatic heterocycles. The first kappa shape index (κ1) is 8.98. The second-order valence-corrected chi connectivity index (χ2v) is 2.52. The summed E-state index contributed by atoms with van der Waals surface area (Å²) in [7, 11) is 0. The fourth-order valence-corrected chi connectivity index (χ4v) is 0.937.